The smallest absolute Gasteiger partial charge is 0.164 e. The fourth-order valence-electron chi connectivity index (χ4n) is 10.6. The second-order valence-corrected chi connectivity index (χ2v) is 17.9. The van der Waals surface area contributed by atoms with E-state index in [9.17, 15) is 0 Å². The monoisotopic (exact) mass is 845 g/mol. The van der Waals surface area contributed by atoms with Crippen molar-refractivity contribution in [3.63, 3.8) is 0 Å². The van der Waals surface area contributed by atoms with Crippen molar-refractivity contribution in [1.82, 2.24) is 15.0 Å². The van der Waals surface area contributed by atoms with Crippen molar-refractivity contribution >= 4 is 0 Å². The summed E-state index contributed by atoms with van der Waals surface area (Å²) in [5.74, 6) is 1.90. The summed E-state index contributed by atoms with van der Waals surface area (Å²) >= 11 is 0. The fourth-order valence-corrected chi connectivity index (χ4v) is 10.6. The first-order chi connectivity index (χ1) is 32.6. The number of fused-ring (bicyclic) bond motifs is 5. The molecule has 9 aromatic carbocycles. The number of nitrogens with zero attached hydrogens (tertiary/aromatic N) is 3. The Bertz CT molecular complexity index is 3370. The van der Waals surface area contributed by atoms with E-state index in [0.29, 0.717) is 17.5 Å². The van der Waals surface area contributed by atoms with Crippen molar-refractivity contribution in [1.29, 1.82) is 0 Å². The lowest BCUT2D eigenvalue weighted by Gasteiger charge is -2.36. The molecular formula is C63H47N3. The maximum absolute atomic E-state index is 5.16. The molecule has 2 aliphatic carbocycles. The maximum atomic E-state index is 5.16. The molecule has 1 aromatic heterocycles. The number of benzene rings is 9. The zero-order valence-corrected chi connectivity index (χ0v) is 36.7. The molecule has 0 aliphatic heterocycles. The van der Waals surface area contributed by atoms with Gasteiger partial charge in [0.25, 0.3) is 0 Å². The molecule has 0 N–H and O–H groups in total. The van der Waals surface area contributed by atoms with E-state index in [1.54, 1.807) is 0 Å². The van der Waals surface area contributed by atoms with Crippen molar-refractivity contribution in [3.8, 4) is 101 Å². The Morgan fingerprint density at radius 2 is 0.591 bits per heavy atom. The minimum Gasteiger partial charge on any atom is -0.208 e. The van der Waals surface area contributed by atoms with E-state index in [2.05, 4.69) is 212 Å². The zero-order valence-electron chi connectivity index (χ0n) is 36.7. The Hall–Kier alpha value is -8.01. The van der Waals surface area contributed by atoms with Gasteiger partial charge in [-0.05, 0) is 115 Å². The molecule has 3 nitrogen and oxygen atoms in total. The van der Waals surface area contributed by atoms with E-state index in [4.69, 9.17) is 15.0 Å². The first kappa shape index (κ1) is 39.6. The molecule has 0 bridgehead atoms. The SMILES string of the molecule is c1ccc(-c2ccc(-c3nc(-c4cccc(-c5ccccc5)c4)nc(-c4cccc(-c5cccc(-c6ccc(-c7ccc8c(c7)C7(CCCCC7)c7ccccc7-8)cc6)c5)c4)n3)cc2)cc1. The number of rotatable bonds is 8. The Morgan fingerprint density at radius 1 is 0.242 bits per heavy atom. The summed E-state index contributed by atoms with van der Waals surface area (Å²) in [6.45, 7) is 0. The summed E-state index contributed by atoms with van der Waals surface area (Å²) in [6, 6.07) is 80.8. The number of hydrogen-bond donors (Lipinski definition) is 0. The summed E-state index contributed by atoms with van der Waals surface area (Å²) in [5.41, 5.74) is 20.6. The van der Waals surface area contributed by atoms with Crippen molar-refractivity contribution in [3.05, 3.63) is 236 Å². The lowest BCUT2D eigenvalue weighted by Crippen LogP contribution is -2.28. The molecule has 0 unspecified atom stereocenters. The van der Waals surface area contributed by atoms with Gasteiger partial charge >= 0.3 is 0 Å². The average molecular weight is 846 g/mol. The van der Waals surface area contributed by atoms with Gasteiger partial charge in [-0.15, -0.1) is 0 Å². The molecule has 0 atom stereocenters. The molecule has 1 heterocycles. The highest BCUT2D eigenvalue weighted by Crippen LogP contribution is 2.56. The van der Waals surface area contributed by atoms with Crippen molar-refractivity contribution < 1.29 is 0 Å². The Morgan fingerprint density at radius 3 is 1.15 bits per heavy atom. The molecule has 314 valence electrons. The molecule has 1 spiro atoms. The van der Waals surface area contributed by atoms with Crippen LogP contribution in [0.5, 0.6) is 0 Å². The minimum absolute atomic E-state index is 0.148. The van der Waals surface area contributed by atoms with Crippen LogP contribution in [0.25, 0.3) is 101 Å². The van der Waals surface area contributed by atoms with Gasteiger partial charge in [-0.25, -0.2) is 15.0 Å². The van der Waals surface area contributed by atoms with Crippen LogP contribution in [0.15, 0.2) is 224 Å². The lowest BCUT2D eigenvalue weighted by molar-refractivity contribution is 0.353. The Balaban J connectivity index is 0.865. The van der Waals surface area contributed by atoms with E-state index in [1.165, 1.54) is 82.2 Å². The molecule has 0 radical (unpaired) electrons. The summed E-state index contributed by atoms with van der Waals surface area (Å²) < 4.78 is 0. The van der Waals surface area contributed by atoms with E-state index in [0.717, 1.165) is 44.5 Å². The van der Waals surface area contributed by atoms with Crippen LogP contribution < -0.4 is 0 Å². The van der Waals surface area contributed by atoms with Crippen LogP contribution in [0.2, 0.25) is 0 Å². The standard InChI is InChI=1S/C63H47N3/c1-4-15-43(16-5-1)45-31-33-48(34-32-45)60-64-61(54-23-13-20-50(40-54)44-17-6-2-7-18-44)66-62(65-60)55-24-14-22-52(41-55)51-21-12-19-49(39-51)46-27-29-47(30-28-46)53-35-36-57-56-25-8-9-26-58(56)63(59(57)42-53)37-10-3-11-38-63/h1-2,4-9,12-36,39-42H,3,10-11,37-38H2. The fraction of sp³-hybridized carbons (Fsp3) is 0.0952. The first-order valence-corrected chi connectivity index (χ1v) is 23.3. The third-order valence-electron chi connectivity index (χ3n) is 14.0. The highest BCUT2D eigenvalue weighted by Gasteiger charge is 2.43. The van der Waals surface area contributed by atoms with Gasteiger partial charge in [-0.1, -0.05) is 219 Å². The molecular weight excluding hydrogens is 799 g/mol. The maximum Gasteiger partial charge on any atom is 0.164 e. The van der Waals surface area contributed by atoms with E-state index in [-0.39, 0.29) is 5.41 Å². The number of aromatic nitrogens is 3. The van der Waals surface area contributed by atoms with Crippen LogP contribution in [0.3, 0.4) is 0 Å². The van der Waals surface area contributed by atoms with Gasteiger partial charge in [0.1, 0.15) is 0 Å². The highest BCUT2D eigenvalue weighted by molar-refractivity contribution is 5.85. The molecule has 1 saturated carbocycles. The largest absolute Gasteiger partial charge is 0.208 e. The molecule has 66 heavy (non-hydrogen) atoms. The van der Waals surface area contributed by atoms with Crippen LogP contribution in [0.1, 0.15) is 43.2 Å². The predicted octanol–water partition coefficient (Wildman–Crippen LogP) is 16.4. The summed E-state index contributed by atoms with van der Waals surface area (Å²) in [5, 5.41) is 0. The van der Waals surface area contributed by atoms with Gasteiger partial charge in [0, 0.05) is 22.1 Å². The van der Waals surface area contributed by atoms with Gasteiger partial charge in [-0.2, -0.15) is 0 Å². The molecule has 12 rings (SSSR count). The second kappa shape index (κ2) is 16.8. The van der Waals surface area contributed by atoms with Gasteiger partial charge < -0.3 is 0 Å². The van der Waals surface area contributed by atoms with Gasteiger partial charge in [0.15, 0.2) is 17.5 Å². The Labute approximate surface area is 387 Å². The van der Waals surface area contributed by atoms with Crippen molar-refractivity contribution in [2.75, 3.05) is 0 Å². The molecule has 0 saturated heterocycles. The summed E-state index contributed by atoms with van der Waals surface area (Å²) in [7, 11) is 0. The summed E-state index contributed by atoms with van der Waals surface area (Å²) in [6.07, 6.45) is 6.41. The summed E-state index contributed by atoms with van der Waals surface area (Å²) in [4.78, 5) is 15.4. The first-order valence-electron chi connectivity index (χ1n) is 23.3. The lowest BCUT2D eigenvalue weighted by atomic mass is 9.67. The molecule has 2 aliphatic rings. The van der Waals surface area contributed by atoms with E-state index in [1.807, 2.05) is 12.1 Å². The Kier molecular flexibility index (Phi) is 10.1. The molecule has 3 heteroatoms. The molecule has 10 aromatic rings. The highest BCUT2D eigenvalue weighted by atomic mass is 15.0. The van der Waals surface area contributed by atoms with Gasteiger partial charge in [-0.3, -0.25) is 0 Å². The van der Waals surface area contributed by atoms with E-state index < -0.39 is 0 Å². The van der Waals surface area contributed by atoms with Crippen LogP contribution >= 0.6 is 0 Å². The topological polar surface area (TPSA) is 38.7 Å². The van der Waals surface area contributed by atoms with Gasteiger partial charge in [0.2, 0.25) is 0 Å². The third-order valence-corrected chi connectivity index (χ3v) is 14.0. The van der Waals surface area contributed by atoms with Crippen molar-refractivity contribution in [2.45, 2.75) is 37.5 Å². The van der Waals surface area contributed by atoms with Gasteiger partial charge in [0.05, 0.1) is 0 Å². The second-order valence-electron chi connectivity index (χ2n) is 17.9. The predicted molar refractivity (Wildman–Crippen MR) is 273 cm³/mol. The zero-order chi connectivity index (χ0) is 43.9. The quantitative estimate of drug-likeness (QED) is 0.153. The third kappa shape index (κ3) is 7.33. The van der Waals surface area contributed by atoms with E-state index >= 15 is 0 Å². The van der Waals surface area contributed by atoms with Crippen LogP contribution in [-0.2, 0) is 5.41 Å². The average Bonchev–Trinajstić information content (AvgIpc) is 3.66. The number of hydrogen-bond acceptors (Lipinski definition) is 3. The van der Waals surface area contributed by atoms with Crippen LogP contribution in [0.4, 0.5) is 0 Å². The van der Waals surface area contributed by atoms with Crippen LogP contribution in [-0.4, -0.2) is 15.0 Å². The normalized spacial score (nSPS) is 13.6. The minimum atomic E-state index is 0.148. The van der Waals surface area contributed by atoms with Crippen molar-refractivity contribution in [2.24, 2.45) is 0 Å². The van der Waals surface area contributed by atoms with Crippen LogP contribution in [0, 0.1) is 0 Å². The molecule has 1 fully saturated rings. The molecule has 0 amide bonds.